The third kappa shape index (κ3) is 5.14. The Morgan fingerprint density at radius 3 is 2.00 bits per heavy atom. The van der Waals surface area contributed by atoms with Crippen molar-refractivity contribution in [2.24, 2.45) is 0 Å². The van der Waals surface area contributed by atoms with Crippen LogP contribution in [0.3, 0.4) is 0 Å². The van der Waals surface area contributed by atoms with Crippen molar-refractivity contribution in [2.75, 3.05) is 6.61 Å². The van der Waals surface area contributed by atoms with Crippen molar-refractivity contribution in [2.45, 2.75) is 25.2 Å². The lowest BCUT2D eigenvalue weighted by Gasteiger charge is -2.25. The molecule has 0 aromatic heterocycles. The number of hydrogen-bond donors (Lipinski definition) is 3. The third-order valence-corrected chi connectivity index (χ3v) is 3.67. The van der Waals surface area contributed by atoms with Crippen molar-refractivity contribution >= 4 is 11.9 Å². The Morgan fingerprint density at radius 2 is 1.52 bits per heavy atom. The van der Waals surface area contributed by atoms with E-state index < -0.39 is 36.7 Å². The maximum absolute atomic E-state index is 12.6. The molecule has 0 fully saturated rings. The van der Waals surface area contributed by atoms with Gasteiger partial charge in [0.05, 0.1) is 12.6 Å². The van der Waals surface area contributed by atoms with Crippen LogP contribution in [0.15, 0.2) is 60.7 Å². The van der Waals surface area contributed by atoms with E-state index in [0.717, 1.165) is 0 Å². The minimum Gasteiger partial charge on any atom is -0.447 e. The molecule has 3 N–H and O–H groups in total. The van der Waals surface area contributed by atoms with E-state index in [9.17, 15) is 19.8 Å². The maximum atomic E-state index is 12.6. The Kier molecular flexibility index (Phi) is 6.68. The van der Waals surface area contributed by atoms with Crippen LogP contribution in [0, 0.1) is 0 Å². The Balaban J connectivity index is 2.16. The molecule has 0 saturated carbocycles. The molecule has 132 valence electrons. The van der Waals surface area contributed by atoms with Crippen LogP contribution >= 0.6 is 0 Å². The molecular formula is C19H21NO5. The summed E-state index contributed by atoms with van der Waals surface area (Å²) in [6.45, 7) is 0.745. The molecule has 0 saturated heterocycles. The molecule has 2 aromatic rings. The molecule has 6 nitrogen and oxygen atoms in total. The first-order chi connectivity index (χ1) is 12.0. The molecule has 3 atom stereocenters. The van der Waals surface area contributed by atoms with E-state index in [0.29, 0.717) is 11.1 Å². The Bertz CT molecular complexity index is 689. The molecule has 0 spiro atoms. The average Bonchev–Trinajstić information content (AvgIpc) is 2.64. The van der Waals surface area contributed by atoms with Crippen LogP contribution in [-0.2, 0) is 14.3 Å². The van der Waals surface area contributed by atoms with Gasteiger partial charge in [-0.2, -0.15) is 0 Å². The van der Waals surface area contributed by atoms with Gasteiger partial charge in [0.1, 0.15) is 6.10 Å². The number of aliphatic hydroxyl groups excluding tert-OH is 2. The zero-order chi connectivity index (χ0) is 18.2. The highest BCUT2D eigenvalue weighted by Gasteiger charge is 2.29. The van der Waals surface area contributed by atoms with Crippen molar-refractivity contribution in [3.63, 3.8) is 0 Å². The van der Waals surface area contributed by atoms with E-state index in [-0.39, 0.29) is 0 Å². The minimum atomic E-state index is -1.16. The second-order valence-electron chi connectivity index (χ2n) is 5.55. The molecule has 25 heavy (non-hydrogen) atoms. The first-order valence-electron chi connectivity index (χ1n) is 7.89. The molecule has 1 amide bonds. The Hall–Kier alpha value is -2.70. The van der Waals surface area contributed by atoms with Crippen molar-refractivity contribution in [1.29, 1.82) is 0 Å². The number of rotatable bonds is 7. The van der Waals surface area contributed by atoms with Crippen LogP contribution in [0.1, 0.15) is 30.3 Å². The fourth-order valence-electron chi connectivity index (χ4n) is 2.43. The summed E-state index contributed by atoms with van der Waals surface area (Å²) in [5, 5.41) is 22.5. The second-order valence-corrected chi connectivity index (χ2v) is 5.55. The van der Waals surface area contributed by atoms with Gasteiger partial charge in [0, 0.05) is 12.5 Å². The molecular weight excluding hydrogens is 322 g/mol. The summed E-state index contributed by atoms with van der Waals surface area (Å²) in [5.41, 5.74) is 1.06. The number of nitrogens with one attached hydrogen (secondary N) is 1. The Labute approximate surface area is 146 Å². The van der Waals surface area contributed by atoms with Gasteiger partial charge in [-0.1, -0.05) is 60.7 Å². The predicted molar refractivity (Wildman–Crippen MR) is 91.4 cm³/mol. The number of carbonyl (C=O) groups is 2. The summed E-state index contributed by atoms with van der Waals surface area (Å²) in [7, 11) is 0. The molecule has 0 aliphatic carbocycles. The standard InChI is InChI=1S/C19H21NO5/c1-13(22)25-18(15-10-6-3-7-11-15)19(24)20-16(12-21)17(23)14-8-4-2-5-9-14/h2-11,16-18,21,23H,12H2,1H3,(H,20,24). The fraction of sp³-hybridized carbons (Fsp3) is 0.263. The highest BCUT2D eigenvalue weighted by molar-refractivity contribution is 5.85. The van der Waals surface area contributed by atoms with Crippen LogP contribution in [0.25, 0.3) is 0 Å². The summed E-state index contributed by atoms with van der Waals surface area (Å²) in [6.07, 6.45) is -2.25. The van der Waals surface area contributed by atoms with Gasteiger partial charge in [-0.05, 0) is 5.56 Å². The van der Waals surface area contributed by atoms with E-state index >= 15 is 0 Å². The van der Waals surface area contributed by atoms with E-state index in [1.807, 2.05) is 0 Å². The molecule has 0 heterocycles. The van der Waals surface area contributed by atoms with Gasteiger partial charge in [-0.3, -0.25) is 9.59 Å². The number of esters is 1. The summed E-state index contributed by atoms with van der Waals surface area (Å²) >= 11 is 0. The van der Waals surface area contributed by atoms with Crippen molar-refractivity contribution < 1.29 is 24.5 Å². The monoisotopic (exact) mass is 343 g/mol. The first-order valence-corrected chi connectivity index (χ1v) is 7.89. The molecule has 2 aromatic carbocycles. The number of amides is 1. The lowest BCUT2D eigenvalue weighted by atomic mass is 10.0. The lowest BCUT2D eigenvalue weighted by molar-refractivity contribution is -0.155. The van der Waals surface area contributed by atoms with Gasteiger partial charge in [0.25, 0.3) is 5.91 Å². The van der Waals surface area contributed by atoms with Gasteiger partial charge in [0.2, 0.25) is 6.10 Å². The SMILES string of the molecule is CC(=O)OC(C(=O)NC(CO)C(O)c1ccccc1)c1ccccc1. The summed E-state index contributed by atoms with van der Waals surface area (Å²) in [5.74, 6) is -1.22. The van der Waals surface area contributed by atoms with Crippen LogP contribution in [-0.4, -0.2) is 34.7 Å². The van der Waals surface area contributed by atoms with Crippen LogP contribution in [0.2, 0.25) is 0 Å². The van der Waals surface area contributed by atoms with Crippen LogP contribution < -0.4 is 5.32 Å². The van der Waals surface area contributed by atoms with E-state index in [2.05, 4.69) is 5.32 Å². The summed E-state index contributed by atoms with van der Waals surface area (Å²) in [6, 6.07) is 16.3. The largest absolute Gasteiger partial charge is 0.447 e. The average molecular weight is 343 g/mol. The first kappa shape index (κ1) is 18.6. The number of benzene rings is 2. The van der Waals surface area contributed by atoms with Gasteiger partial charge in [-0.15, -0.1) is 0 Å². The number of hydrogen-bond acceptors (Lipinski definition) is 5. The zero-order valence-electron chi connectivity index (χ0n) is 13.8. The number of carbonyl (C=O) groups excluding carboxylic acids is 2. The molecule has 2 rings (SSSR count). The quantitative estimate of drug-likeness (QED) is 0.662. The molecule has 0 bridgehead atoms. The van der Waals surface area contributed by atoms with Gasteiger partial charge < -0.3 is 20.3 Å². The van der Waals surface area contributed by atoms with Crippen molar-refractivity contribution in [1.82, 2.24) is 5.32 Å². The second kappa shape index (κ2) is 8.96. The minimum absolute atomic E-state index is 0.469. The van der Waals surface area contributed by atoms with Crippen molar-refractivity contribution in [3.8, 4) is 0 Å². The summed E-state index contributed by atoms with van der Waals surface area (Å²) in [4.78, 5) is 23.9. The van der Waals surface area contributed by atoms with Crippen LogP contribution in [0.5, 0.6) is 0 Å². The predicted octanol–water partition coefficient (Wildman–Crippen LogP) is 1.50. The number of ether oxygens (including phenoxy) is 1. The van der Waals surface area contributed by atoms with E-state index in [1.54, 1.807) is 60.7 Å². The highest BCUT2D eigenvalue weighted by atomic mass is 16.5. The van der Waals surface area contributed by atoms with Crippen LogP contribution in [0.4, 0.5) is 0 Å². The summed E-state index contributed by atoms with van der Waals surface area (Å²) < 4.78 is 5.11. The Morgan fingerprint density at radius 1 is 1.00 bits per heavy atom. The topological polar surface area (TPSA) is 95.9 Å². The highest BCUT2D eigenvalue weighted by Crippen LogP contribution is 2.21. The molecule has 6 heteroatoms. The third-order valence-electron chi connectivity index (χ3n) is 3.67. The number of aliphatic hydroxyl groups is 2. The van der Waals surface area contributed by atoms with E-state index in [1.165, 1.54) is 6.92 Å². The molecule has 0 aliphatic heterocycles. The molecule has 3 unspecified atom stereocenters. The lowest BCUT2D eigenvalue weighted by Crippen LogP contribution is -2.44. The zero-order valence-corrected chi connectivity index (χ0v) is 13.8. The molecule has 0 aliphatic rings. The van der Waals surface area contributed by atoms with Crippen molar-refractivity contribution in [3.05, 3.63) is 71.8 Å². The smallest absolute Gasteiger partial charge is 0.303 e. The van der Waals surface area contributed by atoms with Gasteiger partial charge >= 0.3 is 5.97 Å². The molecule has 0 radical (unpaired) electrons. The maximum Gasteiger partial charge on any atom is 0.303 e. The fourth-order valence-corrected chi connectivity index (χ4v) is 2.43. The van der Waals surface area contributed by atoms with Gasteiger partial charge in [-0.25, -0.2) is 0 Å². The van der Waals surface area contributed by atoms with Gasteiger partial charge in [0.15, 0.2) is 0 Å². The van der Waals surface area contributed by atoms with E-state index in [4.69, 9.17) is 4.74 Å². The normalized spacial score (nSPS) is 14.2.